The molecule has 1 aromatic carbocycles. The quantitative estimate of drug-likeness (QED) is 0.656. The van der Waals surface area contributed by atoms with Crippen LogP contribution >= 0.6 is 0 Å². The molecule has 2 heterocycles. The van der Waals surface area contributed by atoms with Crippen LogP contribution in [0.25, 0.3) is 10.9 Å². The second-order valence-corrected chi connectivity index (χ2v) is 7.28. The molecule has 140 valence electrons. The number of Topliss-reactive ketones (excluding diaryl/α,β-unsaturated/α-hetero) is 1. The van der Waals surface area contributed by atoms with Gasteiger partial charge in [-0.05, 0) is 65.3 Å². The van der Waals surface area contributed by atoms with Gasteiger partial charge in [-0.15, -0.1) is 0 Å². The van der Waals surface area contributed by atoms with Crippen molar-refractivity contribution in [2.45, 2.75) is 46.6 Å². The van der Waals surface area contributed by atoms with Crippen molar-refractivity contribution in [1.82, 2.24) is 9.88 Å². The molecule has 1 aliphatic rings. The van der Waals surface area contributed by atoms with Gasteiger partial charge < -0.3 is 9.72 Å². The lowest BCUT2D eigenvalue weighted by Gasteiger charge is -2.34. The van der Waals surface area contributed by atoms with Gasteiger partial charge in [0, 0.05) is 22.2 Å². The summed E-state index contributed by atoms with van der Waals surface area (Å²) in [6, 6.07) is 5.95. The van der Waals surface area contributed by atoms with Crippen LogP contribution in [-0.2, 0) is 9.53 Å². The largest absolute Gasteiger partial charge is 0.466 e. The topological polar surface area (TPSA) is 62.4 Å². The van der Waals surface area contributed by atoms with E-state index in [-0.39, 0.29) is 23.7 Å². The number of ether oxygens (including phenoxy) is 1. The molecule has 0 saturated carbocycles. The minimum absolute atomic E-state index is 0.0358. The maximum Gasteiger partial charge on any atom is 0.309 e. The highest BCUT2D eigenvalue weighted by atomic mass is 16.5. The lowest BCUT2D eigenvalue weighted by atomic mass is 9.94. The van der Waals surface area contributed by atoms with Crippen LogP contribution in [0.4, 0.5) is 0 Å². The average molecular weight is 356 g/mol. The van der Waals surface area contributed by atoms with Crippen LogP contribution in [0.2, 0.25) is 0 Å². The lowest BCUT2D eigenvalue weighted by Crippen LogP contribution is -2.45. The summed E-state index contributed by atoms with van der Waals surface area (Å²) in [5, 5.41) is 0.992. The first-order chi connectivity index (χ1) is 12.4. The standard InChI is InChI=1S/C21H28N2O3/c1-5-26-21(25)16-8-10-23(11-9-16)15(4)20(24)19-14(3)22-18-12-13(2)6-7-17(18)19/h6-7,12,15-16,22H,5,8-11H2,1-4H3/t15-/m0/s1. The van der Waals surface area contributed by atoms with Crippen LogP contribution in [0.3, 0.4) is 0 Å². The first-order valence-corrected chi connectivity index (χ1v) is 9.46. The Hall–Kier alpha value is -2.14. The van der Waals surface area contributed by atoms with E-state index in [9.17, 15) is 9.59 Å². The van der Waals surface area contributed by atoms with Crippen LogP contribution in [0, 0.1) is 19.8 Å². The summed E-state index contributed by atoms with van der Waals surface area (Å²) in [5.41, 5.74) is 3.90. The molecule has 0 unspecified atom stereocenters. The van der Waals surface area contributed by atoms with Crippen molar-refractivity contribution in [3.8, 4) is 0 Å². The molecule has 0 amide bonds. The fraction of sp³-hybridized carbons (Fsp3) is 0.524. The number of hydrogen-bond donors (Lipinski definition) is 1. The molecule has 1 saturated heterocycles. The Kier molecular flexibility index (Phi) is 5.47. The molecule has 2 aromatic rings. The number of rotatable bonds is 5. The van der Waals surface area contributed by atoms with E-state index in [1.165, 1.54) is 5.56 Å². The van der Waals surface area contributed by atoms with Crippen LogP contribution in [-0.4, -0.2) is 47.4 Å². The van der Waals surface area contributed by atoms with Gasteiger partial charge in [0.15, 0.2) is 5.78 Å². The molecular weight excluding hydrogens is 328 g/mol. The minimum atomic E-state index is -0.197. The highest BCUT2D eigenvalue weighted by Crippen LogP contribution is 2.27. The van der Waals surface area contributed by atoms with Crippen LogP contribution in [0.5, 0.6) is 0 Å². The Balaban J connectivity index is 1.73. The Morgan fingerprint density at radius 1 is 1.27 bits per heavy atom. The molecule has 1 N–H and O–H groups in total. The molecule has 0 bridgehead atoms. The van der Waals surface area contributed by atoms with E-state index in [0.717, 1.165) is 48.1 Å². The summed E-state index contributed by atoms with van der Waals surface area (Å²) in [7, 11) is 0. The maximum atomic E-state index is 13.2. The number of hydrogen-bond acceptors (Lipinski definition) is 4. The molecular formula is C21H28N2O3. The molecule has 5 heteroatoms. The van der Waals surface area contributed by atoms with Gasteiger partial charge in [0.25, 0.3) is 0 Å². The minimum Gasteiger partial charge on any atom is -0.466 e. The Bertz CT molecular complexity index is 816. The fourth-order valence-electron chi connectivity index (χ4n) is 3.92. The average Bonchev–Trinajstić information content (AvgIpc) is 2.95. The monoisotopic (exact) mass is 356 g/mol. The predicted octanol–water partition coefficient (Wildman–Crippen LogP) is 3.63. The van der Waals surface area contributed by atoms with Crippen molar-refractivity contribution < 1.29 is 14.3 Å². The molecule has 26 heavy (non-hydrogen) atoms. The van der Waals surface area contributed by atoms with Crippen LogP contribution < -0.4 is 0 Å². The number of carbonyl (C=O) groups is 2. The molecule has 1 atom stereocenters. The van der Waals surface area contributed by atoms with E-state index < -0.39 is 0 Å². The second kappa shape index (κ2) is 7.62. The van der Waals surface area contributed by atoms with Gasteiger partial charge in [0.05, 0.1) is 18.6 Å². The first-order valence-electron chi connectivity index (χ1n) is 9.46. The highest BCUT2D eigenvalue weighted by Gasteiger charge is 2.32. The zero-order chi connectivity index (χ0) is 18.8. The molecule has 3 rings (SSSR count). The summed E-state index contributed by atoms with van der Waals surface area (Å²) in [6.07, 6.45) is 1.50. The van der Waals surface area contributed by atoms with Gasteiger partial charge in [0.2, 0.25) is 0 Å². The number of aryl methyl sites for hydroxylation is 2. The number of benzene rings is 1. The molecule has 5 nitrogen and oxygen atoms in total. The Morgan fingerprint density at radius 3 is 2.62 bits per heavy atom. The van der Waals surface area contributed by atoms with Gasteiger partial charge in [-0.1, -0.05) is 12.1 Å². The number of ketones is 1. The Labute approximate surface area is 154 Å². The number of likely N-dealkylation sites (tertiary alicyclic amines) is 1. The molecule has 0 spiro atoms. The van der Waals surface area contributed by atoms with E-state index in [1.807, 2.05) is 39.8 Å². The number of nitrogens with zero attached hydrogens (tertiary/aromatic N) is 1. The van der Waals surface area contributed by atoms with Gasteiger partial charge in [-0.25, -0.2) is 0 Å². The third-order valence-corrected chi connectivity index (χ3v) is 5.46. The zero-order valence-corrected chi connectivity index (χ0v) is 16.1. The van der Waals surface area contributed by atoms with E-state index >= 15 is 0 Å². The van der Waals surface area contributed by atoms with E-state index in [2.05, 4.69) is 16.0 Å². The summed E-state index contributed by atoms with van der Waals surface area (Å²) in [5.74, 6) is 0.00691. The molecule has 0 radical (unpaired) electrons. The van der Waals surface area contributed by atoms with Crippen molar-refractivity contribution in [3.05, 3.63) is 35.0 Å². The lowest BCUT2D eigenvalue weighted by molar-refractivity contribution is -0.149. The third kappa shape index (κ3) is 3.54. The Morgan fingerprint density at radius 2 is 1.96 bits per heavy atom. The number of fused-ring (bicyclic) bond motifs is 1. The number of esters is 1. The number of aromatic nitrogens is 1. The van der Waals surface area contributed by atoms with Crippen LogP contribution in [0.15, 0.2) is 18.2 Å². The van der Waals surface area contributed by atoms with Gasteiger partial charge in [-0.3, -0.25) is 14.5 Å². The first kappa shape index (κ1) is 18.6. The number of piperidine rings is 1. The van der Waals surface area contributed by atoms with Gasteiger partial charge >= 0.3 is 5.97 Å². The van der Waals surface area contributed by atoms with E-state index in [0.29, 0.717) is 6.61 Å². The van der Waals surface area contributed by atoms with Crippen molar-refractivity contribution in [1.29, 1.82) is 0 Å². The number of carbonyl (C=O) groups excluding carboxylic acids is 2. The number of nitrogens with one attached hydrogen (secondary N) is 1. The summed E-state index contributed by atoms with van der Waals surface area (Å²) in [4.78, 5) is 30.6. The summed E-state index contributed by atoms with van der Waals surface area (Å²) < 4.78 is 5.13. The molecule has 1 aromatic heterocycles. The normalized spacial score (nSPS) is 17.4. The summed E-state index contributed by atoms with van der Waals surface area (Å²) >= 11 is 0. The van der Waals surface area contributed by atoms with Gasteiger partial charge in [0.1, 0.15) is 0 Å². The number of aromatic amines is 1. The summed E-state index contributed by atoms with van der Waals surface area (Å²) in [6.45, 7) is 9.73. The molecule has 1 fully saturated rings. The van der Waals surface area contributed by atoms with Crippen molar-refractivity contribution in [2.75, 3.05) is 19.7 Å². The zero-order valence-electron chi connectivity index (χ0n) is 16.1. The smallest absolute Gasteiger partial charge is 0.309 e. The predicted molar refractivity (Wildman–Crippen MR) is 102 cm³/mol. The molecule has 0 aliphatic carbocycles. The number of H-pyrrole nitrogens is 1. The SMILES string of the molecule is CCOC(=O)C1CCN([C@@H](C)C(=O)c2c(C)[nH]c3cc(C)ccc23)CC1. The second-order valence-electron chi connectivity index (χ2n) is 7.28. The highest BCUT2D eigenvalue weighted by molar-refractivity contribution is 6.11. The third-order valence-electron chi connectivity index (χ3n) is 5.46. The van der Waals surface area contributed by atoms with Crippen molar-refractivity contribution >= 4 is 22.7 Å². The van der Waals surface area contributed by atoms with E-state index in [4.69, 9.17) is 4.74 Å². The van der Waals surface area contributed by atoms with Crippen molar-refractivity contribution in [2.24, 2.45) is 5.92 Å². The van der Waals surface area contributed by atoms with Crippen molar-refractivity contribution in [3.63, 3.8) is 0 Å². The molecule has 1 aliphatic heterocycles. The van der Waals surface area contributed by atoms with Crippen LogP contribution in [0.1, 0.15) is 48.3 Å². The van der Waals surface area contributed by atoms with Gasteiger partial charge in [-0.2, -0.15) is 0 Å². The fourth-order valence-corrected chi connectivity index (χ4v) is 3.92. The van der Waals surface area contributed by atoms with E-state index in [1.54, 1.807) is 0 Å². The maximum absolute atomic E-state index is 13.2.